The van der Waals surface area contributed by atoms with Crippen LogP contribution in [0.5, 0.6) is 0 Å². The Labute approximate surface area is 175 Å². The Bertz CT molecular complexity index is 739. The van der Waals surface area contributed by atoms with Crippen molar-refractivity contribution >= 4 is 16.6 Å². The second kappa shape index (κ2) is 5.84. The highest BCUT2D eigenvalue weighted by atomic mass is 28.4. The molecule has 28 heavy (non-hydrogen) atoms. The number of hydrogen-bond donors (Lipinski definition) is 0. The van der Waals surface area contributed by atoms with Gasteiger partial charge in [0.2, 0.25) is 0 Å². The Morgan fingerprint density at radius 3 is 1.75 bits per heavy atom. The summed E-state index contributed by atoms with van der Waals surface area (Å²) in [5.74, 6) is 0.126. The third-order valence-corrected chi connectivity index (χ3v) is 18.2. The maximum Gasteiger partial charge on any atom is 0.193 e. The molecule has 0 saturated heterocycles. The first kappa shape index (κ1) is 22.3. The van der Waals surface area contributed by atoms with Crippen LogP contribution >= 0.6 is 0 Å². The summed E-state index contributed by atoms with van der Waals surface area (Å²) in [5, 5.41) is 10.5. The summed E-state index contributed by atoms with van der Waals surface area (Å²) in [6.07, 6.45) is 6.72. The molecule has 3 rings (SSSR count). The minimum atomic E-state index is -2.05. The predicted molar refractivity (Wildman–Crippen MR) is 121 cm³/mol. The van der Waals surface area contributed by atoms with Gasteiger partial charge >= 0.3 is 0 Å². The zero-order valence-electron chi connectivity index (χ0n) is 20.0. The molecular formula is C23H41NO2Si2. The Balaban J connectivity index is 2.10. The van der Waals surface area contributed by atoms with Crippen LogP contribution < -0.4 is 0 Å². The lowest BCUT2D eigenvalue weighted by atomic mass is 9.69. The first-order valence-corrected chi connectivity index (χ1v) is 16.7. The van der Waals surface area contributed by atoms with E-state index in [1.807, 2.05) is 0 Å². The van der Waals surface area contributed by atoms with E-state index in [1.165, 1.54) is 0 Å². The average Bonchev–Trinajstić information content (AvgIpc) is 2.95. The van der Waals surface area contributed by atoms with Crippen molar-refractivity contribution < 1.29 is 8.85 Å². The highest BCUT2D eigenvalue weighted by Gasteiger charge is 2.81. The SMILES string of the molecule is CC(C)(C)[Si](C)(C)O[C@]12C=C[C@@]3(O[Si](C)(C)C(C)(C)C)[C@H](CC[C@@]13C)[C@@H]2C#N. The Morgan fingerprint density at radius 1 is 0.893 bits per heavy atom. The minimum Gasteiger partial charge on any atom is -0.407 e. The van der Waals surface area contributed by atoms with Gasteiger partial charge in [0, 0.05) is 11.3 Å². The van der Waals surface area contributed by atoms with Gasteiger partial charge in [-0.1, -0.05) is 60.6 Å². The van der Waals surface area contributed by atoms with Gasteiger partial charge in [-0.3, -0.25) is 0 Å². The zero-order chi connectivity index (χ0) is 21.6. The van der Waals surface area contributed by atoms with E-state index < -0.39 is 22.2 Å². The summed E-state index contributed by atoms with van der Waals surface area (Å²) in [6.45, 7) is 25.4. The molecule has 0 heterocycles. The monoisotopic (exact) mass is 419 g/mol. The lowest BCUT2D eigenvalue weighted by Gasteiger charge is -2.52. The fourth-order valence-electron chi connectivity index (χ4n) is 5.43. The van der Waals surface area contributed by atoms with Gasteiger partial charge in [0.1, 0.15) is 0 Å². The maximum absolute atomic E-state index is 10.3. The lowest BCUT2D eigenvalue weighted by Crippen LogP contribution is -2.59. The molecule has 3 aliphatic rings. The largest absolute Gasteiger partial charge is 0.407 e. The van der Waals surface area contributed by atoms with Gasteiger partial charge in [-0.05, 0) is 49.1 Å². The van der Waals surface area contributed by atoms with Gasteiger partial charge in [-0.15, -0.1) is 0 Å². The van der Waals surface area contributed by atoms with Crippen molar-refractivity contribution in [3.05, 3.63) is 12.2 Å². The summed E-state index contributed by atoms with van der Waals surface area (Å²) in [7, 11) is -4.06. The van der Waals surface area contributed by atoms with Gasteiger partial charge in [0.05, 0.1) is 23.2 Å². The molecule has 0 N–H and O–H groups in total. The highest BCUT2D eigenvalue weighted by Crippen LogP contribution is 2.76. The minimum absolute atomic E-state index is 0.110. The fraction of sp³-hybridized carbons (Fsp3) is 0.870. The van der Waals surface area contributed by atoms with Crippen LogP contribution in [0, 0.1) is 28.6 Å². The van der Waals surface area contributed by atoms with Crippen molar-refractivity contribution in [2.24, 2.45) is 17.3 Å². The Hall–Kier alpha value is -0.416. The van der Waals surface area contributed by atoms with Crippen molar-refractivity contribution in [2.75, 3.05) is 0 Å². The van der Waals surface area contributed by atoms with Crippen molar-refractivity contribution in [1.29, 1.82) is 5.26 Å². The van der Waals surface area contributed by atoms with Gasteiger partial charge in [-0.2, -0.15) is 5.26 Å². The van der Waals surface area contributed by atoms with Gasteiger partial charge in [-0.25, -0.2) is 0 Å². The molecule has 4 bridgehead atoms. The zero-order valence-corrected chi connectivity index (χ0v) is 22.0. The number of rotatable bonds is 4. The summed E-state index contributed by atoms with van der Waals surface area (Å²) in [6, 6.07) is 2.70. The smallest absolute Gasteiger partial charge is 0.193 e. The van der Waals surface area contributed by atoms with E-state index >= 15 is 0 Å². The molecule has 0 radical (unpaired) electrons. The quantitative estimate of drug-likeness (QED) is 0.378. The van der Waals surface area contributed by atoms with Crippen molar-refractivity contribution in [1.82, 2.24) is 0 Å². The van der Waals surface area contributed by atoms with Gasteiger partial charge in [0.15, 0.2) is 16.6 Å². The predicted octanol–water partition coefficient (Wildman–Crippen LogP) is 6.65. The van der Waals surface area contributed by atoms with Crippen molar-refractivity contribution in [3.8, 4) is 6.07 Å². The van der Waals surface area contributed by atoms with Crippen LogP contribution in [0.15, 0.2) is 12.2 Å². The van der Waals surface area contributed by atoms with Crippen LogP contribution in [-0.2, 0) is 8.85 Å². The molecule has 3 aliphatic carbocycles. The van der Waals surface area contributed by atoms with Crippen LogP contribution in [-0.4, -0.2) is 27.8 Å². The topological polar surface area (TPSA) is 42.2 Å². The molecule has 0 aliphatic heterocycles. The second-order valence-electron chi connectivity index (χ2n) is 12.7. The van der Waals surface area contributed by atoms with Crippen LogP contribution in [0.25, 0.3) is 0 Å². The van der Waals surface area contributed by atoms with Gasteiger partial charge < -0.3 is 8.85 Å². The van der Waals surface area contributed by atoms with Gasteiger partial charge in [0.25, 0.3) is 0 Å². The standard InChI is InChI=1S/C23H41NO2Si2/c1-19(2,3)27(8,9)25-22-14-15-23(26-28(10,11)20(4,5)6)18(16-24)17(22)12-13-21(22,23)7/h14-15,17-18H,12-13H2,1-11H3/t17-,18+,21-,22-,23+/m1/s1. The first-order valence-electron chi connectivity index (χ1n) is 10.9. The fourth-order valence-corrected chi connectivity index (χ4v) is 8.60. The summed E-state index contributed by atoms with van der Waals surface area (Å²) in [4.78, 5) is 0. The summed E-state index contributed by atoms with van der Waals surface area (Å²) in [5.41, 5.74) is -1.01. The molecule has 5 heteroatoms. The number of nitriles is 1. The molecule has 158 valence electrons. The number of nitrogens with zero attached hydrogens (tertiary/aromatic N) is 1. The normalized spacial score (nSPS) is 40.2. The van der Waals surface area contributed by atoms with E-state index in [1.54, 1.807) is 0 Å². The lowest BCUT2D eigenvalue weighted by molar-refractivity contribution is -0.0634. The van der Waals surface area contributed by atoms with E-state index in [4.69, 9.17) is 8.85 Å². The van der Waals surface area contributed by atoms with Crippen molar-refractivity contribution in [3.63, 3.8) is 0 Å². The van der Waals surface area contributed by atoms with E-state index in [0.717, 1.165) is 12.8 Å². The molecule has 0 aromatic rings. The first-order chi connectivity index (χ1) is 12.4. The number of hydrogen-bond acceptors (Lipinski definition) is 3. The molecule has 0 amide bonds. The molecule has 2 fully saturated rings. The molecule has 0 aromatic carbocycles. The summed E-state index contributed by atoms with van der Waals surface area (Å²) < 4.78 is 14.4. The van der Waals surface area contributed by atoms with E-state index in [2.05, 4.69) is 92.9 Å². The molecule has 2 saturated carbocycles. The molecule has 3 nitrogen and oxygen atoms in total. The Morgan fingerprint density at radius 2 is 1.32 bits per heavy atom. The maximum atomic E-state index is 10.3. The average molecular weight is 420 g/mol. The van der Waals surface area contributed by atoms with Crippen LogP contribution in [0.1, 0.15) is 61.3 Å². The van der Waals surface area contributed by atoms with E-state index in [-0.39, 0.29) is 32.9 Å². The summed E-state index contributed by atoms with van der Waals surface area (Å²) >= 11 is 0. The molecule has 0 unspecified atom stereocenters. The van der Waals surface area contributed by atoms with E-state index in [0.29, 0.717) is 0 Å². The highest BCUT2D eigenvalue weighted by molar-refractivity contribution is 6.74. The molecular weight excluding hydrogens is 378 g/mol. The molecule has 0 aromatic heterocycles. The van der Waals surface area contributed by atoms with Crippen LogP contribution in [0.4, 0.5) is 0 Å². The van der Waals surface area contributed by atoms with Crippen LogP contribution in [0.2, 0.25) is 36.3 Å². The second-order valence-corrected chi connectivity index (χ2v) is 22.2. The third kappa shape index (κ3) is 2.50. The van der Waals surface area contributed by atoms with E-state index in [9.17, 15) is 5.26 Å². The molecule has 5 atom stereocenters. The third-order valence-electron chi connectivity index (χ3n) is 9.27. The van der Waals surface area contributed by atoms with Crippen LogP contribution in [0.3, 0.4) is 0 Å². The molecule has 0 spiro atoms. The van der Waals surface area contributed by atoms with Crippen molar-refractivity contribution in [2.45, 2.75) is 109 Å². The Kier molecular flexibility index (Phi) is 4.65.